The molecule has 4 heterocycles. The summed E-state index contributed by atoms with van der Waals surface area (Å²) in [5.41, 5.74) is 1.08. The van der Waals surface area contributed by atoms with Crippen molar-refractivity contribution in [1.82, 2.24) is 9.88 Å². The second-order valence-electron chi connectivity index (χ2n) is 9.59. The van der Waals surface area contributed by atoms with Gasteiger partial charge in [-0.05, 0) is 78.0 Å². The third-order valence-electron chi connectivity index (χ3n) is 6.36. The molecule has 1 aromatic heterocycles. The topological polar surface area (TPSA) is 74.8 Å². The fraction of sp³-hybridized carbons (Fsp3) is 0.500. The van der Waals surface area contributed by atoms with E-state index in [2.05, 4.69) is 53.7 Å². The monoisotopic (exact) mass is 648 g/mol. The number of carbonyl (C=O) groups is 2. The molecule has 2 aromatic rings. The minimum Gasteiger partial charge on any atom is -0.444 e. The van der Waals surface area contributed by atoms with E-state index in [0.29, 0.717) is 27.1 Å². The first-order valence-electron chi connectivity index (χ1n) is 10.6. The summed E-state index contributed by atoms with van der Waals surface area (Å²) in [6.07, 6.45) is 2.40. The summed E-state index contributed by atoms with van der Waals surface area (Å²) < 4.78 is 22.0. The van der Waals surface area contributed by atoms with Gasteiger partial charge in [0, 0.05) is 21.4 Å². The fourth-order valence-electron chi connectivity index (χ4n) is 5.08. The number of aromatic nitrogens is 1. The number of hydrogen-bond acceptors (Lipinski definition) is 6. The third-order valence-corrected chi connectivity index (χ3v) is 9.40. The Kier molecular flexibility index (Phi) is 5.75. The molecule has 11 heteroatoms. The molecule has 6 rings (SSSR count). The van der Waals surface area contributed by atoms with Crippen molar-refractivity contribution in [2.45, 2.75) is 49.9 Å². The van der Waals surface area contributed by atoms with Gasteiger partial charge in [-0.25, -0.2) is 14.2 Å². The highest BCUT2D eigenvalue weighted by atomic mass is 127. The van der Waals surface area contributed by atoms with Crippen molar-refractivity contribution in [3.05, 3.63) is 19.9 Å². The molecule has 33 heavy (non-hydrogen) atoms. The number of anilines is 2. The molecule has 3 unspecified atom stereocenters. The summed E-state index contributed by atoms with van der Waals surface area (Å²) in [6, 6.07) is 1.81. The van der Waals surface area contributed by atoms with E-state index in [0.717, 1.165) is 15.7 Å². The number of halogens is 3. The lowest BCUT2D eigenvalue weighted by Gasteiger charge is -2.47. The molecule has 1 N–H and O–H groups in total. The van der Waals surface area contributed by atoms with Gasteiger partial charge < -0.3 is 19.9 Å². The number of nitrogens with one attached hydrogen (secondary N) is 1. The number of amides is 2. The van der Waals surface area contributed by atoms with Crippen LogP contribution in [0.25, 0.3) is 10.9 Å². The minimum atomic E-state index is -0.576. The first-order chi connectivity index (χ1) is 15.5. The summed E-state index contributed by atoms with van der Waals surface area (Å²) in [5.74, 6) is -0.332. The molecule has 2 saturated heterocycles. The smallest absolute Gasteiger partial charge is 0.410 e. The number of hydrogen-bond donors (Lipinski definition) is 1. The summed E-state index contributed by atoms with van der Waals surface area (Å²) in [5, 5.41) is 4.19. The van der Waals surface area contributed by atoms with Crippen LogP contribution in [0.5, 0.6) is 0 Å². The molecule has 0 radical (unpaired) electrons. The Hall–Kier alpha value is -1.34. The van der Waals surface area contributed by atoms with Crippen LogP contribution in [-0.2, 0) is 9.53 Å². The van der Waals surface area contributed by atoms with E-state index < -0.39 is 11.4 Å². The number of carbonyl (C=O) groups excluding carboxylic acids is 2. The van der Waals surface area contributed by atoms with Gasteiger partial charge in [0.15, 0.2) is 5.82 Å². The van der Waals surface area contributed by atoms with Crippen LogP contribution in [0.4, 0.5) is 20.6 Å². The summed E-state index contributed by atoms with van der Waals surface area (Å²) in [7, 11) is 0. The Bertz CT molecular complexity index is 1210. The molecule has 2 bridgehead atoms. The lowest BCUT2D eigenvalue weighted by molar-refractivity contribution is -0.115. The first-order valence-corrected chi connectivity index (χ1v) is 13.7. The van der Waals surface area contributed by atoms with Crippen LogP contribution >= 0.6 is 50.3 Å². The minimum absolute atomic E-state index is 0.0352. The zero-order valence-electron chi connectivity index (χ0n) is 18.5. The quantitative estimate of drug-likeness (QED) is 0.273. The molecule has 1 aliphatic carbocycles. The molecule has 0 spiro atoms. The summed E-state index contributed by atoms with van der Waals surface area (Å²) in [4.78, 5) is 33.9. The molecular weight excluding hydrogens is 626 g/mol. The molecule has 3 fully saturated rings. The van der Waals surface area contributed by atoms with Crippen LogP contribution in [-0.4, -0.2) is 58.9 Å². The molecule has 1 saturated carbocycles. The Labute approximate surface area is 217 Å². The van der Waals surface area contributed by atoms with Crippen molar-refractivity contribution >= 4 is 84.6 Å². The zero-order valence-corrected chi connectivity index (χ0v) is 23.1. The number of thioether (sulfide) groups is 1. The largest absolute Gasteiger partial charge is 0.444 e. The Morgan fingerprint density at radius 1 is 1.42 bits per heavy atom. The van der Waals surface area contributed by atoms with E-state index in [1.54, 1.807) is 4.90 Å². The highest BCUT2D eigenvalue weighted by Gasteiger charge is 2.58. The Balaban J connectivity index is 1.61. The predicted octanol–water partition coefficient (Wildman–Crippen LogP) is 5.23. The van der Waals surface area contributed by atoms with Gasteiger partial charge in [0.25, 0.3) is 0 Å². The van der Waals surface area contributed by atoms with Crippen molar-refractivity contribution < 1.29 is 18.7 Å². The number of nitrogens with zero attached hydrogens (tertiary/aromatic N) is 3. The third kappa shape index (κ3) is 3.78. The highest BCUT2D eigenvalue weighted by Crippen LogP contribution is 2.51. The number of fused-ring (bicyclic) bond motifs is 4. The maximum atomic E-state index is 15.2. The first kappa shape index (κ1) is 23.4. The maximum absolute atomic E-state index is 15.2. The molecule has 176 valence electrons. The number of rotatable bonds is 2. The van der Waals surface area contributed by atoms with Gasteiger partial charge >= 0.3 is 6.09 Å². The highest BCUT2D eigenvalue weighted by molar-refractivity contribution is 14.1. The number of ether oxygens (including phenoxy) is 1. The molecule has 7 nitrogen and oxygen atoms in total. The number of pyridine rings is 1. The molecule has 4 aliphatic rings. The average molecular weight is 649 g/mol. The standard InChI is InChI=1S/C22H23BrFIN4O3S/c1-22(2,3)32-21(31)28-7-9-5-12(28)18(9)29-8-13(30)26-17-19(29)10-6-11(25)14(23)15(24)16(10)27-20(17)33-4/h6,9,12,18H,5,7-8H2,1-4H3,(H,26,30). The van der Waals surface area contributed by atoms with E-state index in [1.165, 1.54) is 11.8 Å². The van der Waals surface area contributed by atoms with Crippen LogP contribution < -0.4 is 10.2 Å². The van der Waals surface area contributed by atoms with E-state index in [-0.39, 0.29) is 42.1 Å². The van der Waals surface area contributed by atoms with Crippen molar-refractivity contribution in [2.24, 2.45) is 5.92 Å². The van der Waals surface area contributed by atoms with E-state index in [9.17, 15) is 9.59 Å². The normalized spacial score (nSPS) is 24.0. The molecule has 3 aliphatic heterocycles. The number of benzene rings is 1. The second-order valence-corrected chi connectivity index (χ2v) is 12.3. The van der Waals surface area contributed by atoms with Crippen LogP contribution in [0.2, 0.25) is 0 Å². The fourth-order valence-corrected chi connectivity index (χ4v) is 6.46. The van der Waals surface area contributed by atoms with Crippen LogP contribution in [0.1, 0.15) is 27.2 Å². The summed E-state index contributed by atoms with van der Waals surface area (Å²) >= 11 is 6.79. The van der Waals surface area contributed by atoms with Gasteiger partial charge in [0.2, 0.25) is 5.91 Å². The molecule has 3 atom stereocenters. The summed E-state index contributed by atoms with van der Waals surface area (Å²) in [6.45, 7) is 6.30. The van der Waals surface area contributed by atoms with Gasteiger partial charge in [-0.2, -0.15) is 0 Å². The van der Waals surface area contributed by atoms with Gasteiger partial charge in [-0.3, -0.25) is 4.79 Å². The average Bonchev–Trinajstić information content (AvgIpc) is 3.31. The van der Waals surface area contributed by atoms with Crippen LogP contribution in [0, 0.1) is 15.3 Å². The second kappa shape index (κ2) is 8.11. The van der Waals surface area contributed by atoms with Gasteiger partial charge in [-0.1, -0.05) is 0 Å². The van der Waals surface area contributed by atoms with Gasteiger partial charge in [-0.15, -0.1) is 11.8 Å². The van der Waals surface area contributed by atoms with E-state index in [4.69, 9.17) is 4.74 Å². The zero-order chi connectivity index (χ0) is 23.8. The van der Waals surface area contributed by atoms with E-state index in [1.807, 2.05) is 33.1 Å². The SMILES string of the molecule is CSc1nc2c(F)c(Br)c(I)cc2c2c1NC(=O)CN2C1C2CC1N(C(=O)OC(C)(C)C)C2. The maximum Gasteiger partial charge on any atom is 0.410 e. The van der Waals surface area contributed by atoms with Crippen LogP contribution in [0.15, 0.2) is 15.6 Å². The van der Waals surface area contributed by atoms with Crippen molar-refractivity contribution in [3.63, 3.8) is 0 Å². The predicted molar refractivity (Wildman–Crippen MR) is 138 cm³/mol. The van der Waals surface area contributed by atoms with Crippen molar-refractivity contribution in [3.8, 4) is 0 Å². The Morgan fingerprint density at radius 2 is 2.15 bits per heavy atom. The van der Waals surface area contributed by atoms with Crippen molar-refractivity contribution in [1.29, 1.82) is 0 Å². The van der Waals surface area contributed by atoms with E-state index >= 15 is 4.39 Å². The molecular formula is C22H23BrFIN4O3S. The van der Waals surface area contributed by atoms with Crippen LogP contribution in [0.3, 0.4) is 0 Å². The van der Waals surface area contributed by atoms with Gasteiger partial charge in [0.05, 0.1) is 34.5 Å². The molecule has 2 amide bonds. The Morgan fingerprint density at radius 3 is 2.82 bits per heavy atom. The lowest BCUT2D eigenvalue weighted by atomic mass is 9.78. The van der Waals surface area contributed by atoms with Gasteiger partial charge in [0.1, 0.15) is 16.1 Å². The molecule has 1 aromatic carbocycles. The lowest BCUT2D eigenvalue weighted by Crippen LogP contribution is -2.59. The van der Waals surface area contributed by atoms with Crippen molar-refractivity contribution in [2.75, 3.05) is 29.6 Å².